The van der Waals surface area contributed by atoms with Crippen LogP contribution in [0.15, 0.2) is 72.8 Å². The van der Waals surface area contributed by atoms with Gasteiger partial charge < -0.3 is 14.8 Å². The molecule has 3 aromatic rings. The molecule has 26 heavy (non-hydrogen) atoms. The van der Waals surface area contributed by atoms with E-state index in [0.717, 1.165) is 22.7 Å². The molecule has 3 rings (SSSR count). The topological polar surface area (TPSA) is 30.5 Å². The van der Waals surface area contributed by atoms with E-state index in [9.17, 15) is 4.39 Å². The molecule has 0 aliphatic rings. The van der Waals surface area contributed by atoms with Crippen LogP contribution in [0.2, 0.25) is 0 Å². The molecular formula is C22H22FNO2. The second-order valence-electron chi connectivity index (χ2n) is 5.80. The number of hydrogen-bond donors (Lipinski definition) is 1. The minimum Gasteiger partial charge on any atom is -0.494 e. The maximum atomic E-state index is 13.7. The molecule has 0 atom stereocenters. The Morgan fingerprint density at radius 2 is 1.50 bits per heavy atom. The Bertz CT molecular complexity index is 834. The number of halogens is 1. The van der Waals surface area contributed by atoms with Crippen LogP contribution in [0.5, 0.6) is 11.5 Å². The Morgan fingerprint density at radius 1 is 0.808 bits per heavy atom. The highest BCUT2D eigenvalue weighted by molar-refractivity contribution is 5.48. The van der Waals surface area contributed by atoms with Crippen LogP contribution < -0.4 is 14.8 Å². The second kappa shape index (κ2) is 8.90. The molecule has 4 heteroatoms. The molecule has 0 saturated heterocycles. The van der Waals surface area contributed by atoms with Gasteiger partial charge in [0.1, 0.15) is 23.9 Å². The van der Waals surface area contributed by atoms with Crippen LogP contribution >= 0.6 is 0 Å². The van der Waals surface area contributed by atoms with Crippen LogP contribution in [-0.2, 0) is 13.2 Å². The van der Waals surface area contributed by atoms with E-state index in [-0.39, 0.29) is 12.4 Å². The molecule has 0 amide bonds. The van der Waals surface area contributed by atoms with Gasteiger partial charge >= 0.3 is 0 Å². The summed E-state index contributed by atoms with van der Waals surface area (Å²) >= 11 is 0. The van der Waals surface area contributed by atoms with Gasteiger partial charge in [0, 0.05) is 23.4 Å². The molecule has 0 heterocycles. The van der Waals surface area contributed by atoms with Crippen molar-refractivity contribution in [3.8, 4) is 11.5 Å². The molecule has 0 fully saturated rings. The summed E-state index contributed by atoms with van der Waals surface area (Å²) in [7, 11) is 0. The Labute approximate surface area is 153 Å². The van der Waals surface area contributed by atoms with Crippen molar-refractivity contribution in [2.75, 3.05) is 11.9 Å². The Balaban J connectivity index is 1.62. The third-order valence-corrected chi connectivity index (χ3v) is 3.96. The summed E-state index contributed by atoms with van der Waals surface area (Å²) in [5.74, 6) is 1.35. The number of anilines is 1. The summed E-state index contributed by atoms with van der Waals surface area (Å²) in [5.41, 5.74) is 2.55. The van der Waals surface area contributed by atoms with Crippen molar-refractivity contribution in [2.45, 2.75) is 20.1 Å². The lowest BCUT2D eigenvalue weighted by atomic mass is 10.2. The Morgan fingerprint density at radius 3 is 2.23 bits per heavy atom. The van der Waals surface area contributed by atoms with E-state index < -0.39 is 0 Å². The summed E-state index contributed by atoms with van der Waals surface area (Å²) in [6.45, 7) is 3.43. The molecule has 0 aromatic heterocycles. The van der Waals surface area contributed by atoms with Crippen molar-refractivity contribution in [1.29, 1.82) is 0 Å². The zero-order chi connectivity index (χ0) is 18.2. The number of rotatable bonds is 8. The molecule has 0 unspecified atom stereocenters. The van der Waals surface area contributed by atoms with Gasteiger partial charge in [-0.05, 0) is 43.3 Å². The first-order chi connectivity index (χ1) is 12.8. The van der Waals surface area contributed by atoms with E-state index in [1.165, 1.54) is 6.07 Å². The molecular weight excluding hydrogens is 329 g/mol. The van der Waals surface area contributed by atoms with E-state index in [1.54, 1.807) is 18.2 Å². The summed E-state index contributed by atoms with van der Waals surface area (Å²) < 4.78 is 25.0. The molecule has 0 aliphatic carbocycles. The lowest BCUT2D eigenvalue weighted by Crippen LogP contribution is -2.04. The maximum Gasteiger partial charge on any atom is 0.129 e. The van der Waals surface area contributed by atoms with Crippen molar-refractivity contribution in [3.05, 3.63) is 89.7 Å². The van der Waals surface area contributed by atoms with Crippen molar-refractivity contribution in [2.24, 2.45) is 0 Å². The van der Waals surface area contributed by atoms with Gasteiger partial charge in [0.25, 0.3) is 0 Å². The minimum atomic E-state index is -0.252. The molecule has 0 saturated carbocycles. The van der Waals surface area contributed by atoms with Crippen molar-refractivity contribution >= 4 is 5.69 Å². The highest BCUT2D eigenvalue weighted by atomic mass is 19.1. The Kier molecular flexibility index (Phi) is 6.09. The first kappa shape index (κ1) is 17.8. The maximum absolute atomic E-state index is 13.7. The standard InChI is InChI=1S/C22H22FNO2/c1-2-25-20-13-11-19(12-14-20)24-15-17-7-4-6-10-22(17)26-16-18-8-3-5-9-21(18)23/h3-14,24H,2,15-16H2,1H3. The summed E-state index contributed by atoms with van der Waals surface area (Å²) in [6.07, 6.45) is 0. The molecule has 0 bridgehead atoms. The van der Waals surface area contributed by atoms with Gasteiger partial charge in [-0.3, -0.25) is 0 Å². The quantitative estimate of drug-likeness (QED) is 0.588. The van der Waals surface area contributed by atoms with E-state index in [1.807, 2.05) is 55.5 Å². The molecule has 0 aliphatic heterocycles. The number of nitrogens with one attached hydrogen (secondary N) is 1. The average molecular weight is 351 g/mol. The van der Waals surface area contributed by atoms with Gasteiger partial charge in [-0.1, -0.05) is 36.4 Å². The zero-order valence-corrected chi connectivity index (χ0v) is 14.7. The van der Waals surface area contributed by atoms with Gasteiger partial charge in [0.2, 0.25) is 0 Å². The lowest BCUT2D eigenvalue weighted by Gasteiger charge is -2.13. The van der Waals surface area contributed by atoms with Crippen LogP contribution in [0.4, 0.5) is 10.1 Å². The smallest absolute Gasteiger partial charge is 0.129 e. The van der Waals surface area contributed by atoms with Crippen molar-refractivity contribution in [3.63, 3.8) is 0 Å². The van der Waals surface area contributed by atoms with Crippen LogP contribution in [0.1, 0.15) is 18.1 Å². The molecule has 134 valence electrons. The molecule has 1 N–H and O–H groups in total. The van der Waals surface area contributed by atoms with Gasteiger partial charge in [-0.15, -0.1) is 0 Å². The van der Waals surface area contributed by atoms with E-state index in [4.69, 9.17) is 9.47 Å². The molecule has 3 aromatic carbocycles. The third-order valence-electron chi connectivity index (χ3n) is 3.96. The molecule has 0 spiro atoms. The largest absolute Gasteiger partial charge is 0.494 e. The van der Waals surface area contributed by atoms with Crippen molar-refractivity contribution in [1.82, 2.24) is 0 Å². The Hall–Kier alpha value is -3.01. The monoisotopic (exact) mass is 351 g/mol. The lowest BCUT2D eigenvalue weighted by molar-refractivity contribution is 0.297. The predicted molar refractivity (Wildman–Crippen MR) is 102 cm³/mol. The van der Waals surface area contributed by atoms with E-state index in [0.29, 0.717) is 18.7 Å². The number of para-hydroxylation sites is 1. The second-order valence-corrected chi connectivity index (χ2v) is 5.80. The summed E-state index contributed by atoms with van der Waals surface area (Å²) in [5, 5.41) is 3.37. The van der Waals surface area contributed by atoms with Crippen molar-refractivity contribution < 1.29 is 13.9 Å². The van der Waals surface area contributed by atoms with E-state index >= 15 is 0 Å². The van der Waals surface area contributed by atoms with Gasteiger partial charge in [0.05, 0.1) is 6.61 Å². The minimum absolute atomic E-state index is 0.201. The fraction of sp³-hybridized carbons (Fsp3) is 0.182. The summed E-state index contributed by atoms with van der Waals surface area (Å²) in [6, 6.07) is 22.3. The van der Waals surface area contributed by atoms with Gasteiger partial charge in [0.15, 0.2) is 0 Å². The van der Waals surface area contributed by atoms with E-state index in [2.05, 4.69) is 5.32 Å². The molecule has 3 nitrogen and oxygen atoms in total. The zero-order valence-electron chi connectivity index (χ0n) is 14.7. The fourth-order valence-electron chi connectivity index (χ4n) is 2.59. The van der Waals surface area contributed by atoms with Gasteiger partial charge in [-0.25, -0.2) is 4.39 Å². The number of benzene rings is 3. The molecule has 0 radical (unpaired) electrons. The van der Waals surface area contributed by atoms with Crippen LogP contribution in [0.25, 0.3) is 0 Å². The first-order valence-corrected chi connectivity index (χ1v) is 8.67. The predicted octanol–water partition coefficient (Wildman–Crippen LogP) is 5.42. The highest BCUT2D eigenvalue weighted by Gasteiger charge is 2.06. The normalized spacial score (nSPS) is 10.4. The third kappa shape index (κ3) is 4.76. The van der Waals surface area contributed by atoms with Gasteiger partial charge in [-0.2, -0.15) is 0 Å². The average Bonchev–Trinajstić information content (AvgIpc) is 2.68. The number of hydrogen-bond acceptors (Lipinski definition) is 3. The fourth-order valence-corrected chi connectivity index (χ4v) is 2.59. The van der Waals surface area contributed by atoms with Crippen LogP contribution in [0, 0.1) is 5.82 Å². The first-order valence-electron chi connectivity index (χ1n) is 8.67. The SMILES string of the molecule is CCOc1ccc(NCc2ccccc2OCc2ccccc2F)cc1. The number of ether oxygens (including phenoxy) is 2. The highest BCUT2D eigenvalue weighted by Crippen LogP contribution is 2.22. The summed E-state index contributed by atoms with van der Waals surface area (Å²) in [4.78, 5) is 0. The van der Waals surface area contributed by atoms with Crippen LogP contribution in [-0.4, -0.2) is 6.61 Å². The van der Waals surface area contributed by atoms with Crippen LogP contribution in [0.3, 0.4) is 0 Å².